The van der Waals surface area contributed by atoms with E-state index in [0.29, 0.717) is 6.54 Å². The summed E-state index contributed by atoms with van der Waals surface area (Å²) in [6, 6.07) is 5.70. The van der Waals surface area contributed by atoms with Crippen LogP contribution in [0.15, 0.2) is 35.1 Å². The molecule has 2 aromatic heterocycles. The quantitative estimate of drug-likeness (QED) is 0.894. The molecule has 0 aromatic carbocycles. The Bertz CT molecular complexity index is 491. The van der Waals surface area contributed by atoms with E-state index in [1.807, 2.05) is 18.2 Å². The van der Waals surface area contributed by atoms with Crippen LogP contribution in [-0.2, 0) is 6.54 Å². The fraction of sp³-hybridized carbons (Fsp3) is 0.385. The number of rotatable bonds is 4. The van der Waals surface area contributed by atoms with Gasteiger partial charge >= 0.3 is 0 Å². The standard InChI is InChI=1S/C13H16N4O/c1-2-8-17(7-1)13-14-6-5-12(16-13)15-10-11-4-3-9-18-11/h3-6,9H,1-2,7-8,10H2,(H,14,15,16). The summed E-state index contributed by atoms with van der Waals surface area (Å²) in [6.07, 6.45) is 5.93. The summed E-state index contributed by atoms with van der Waals surface area (Å²) in [4.78, 5) is 11.1. The van der Waals surface area contributed by atoms with Crippen LogP contribution in [0.5, 0.6) is 0 Å². The van der Waals surface area contributed by atoms with Crippen molar-refractivity contribution in [2.75, 3.05) is 23.3 Å². The third kappa shape index (κ3) is 2.45. The Morgan fingerprint density at radius 2 is 2.17 bits per heavy atom. The topological polar surface area (TPSA) is 54.2 Å². The van der Waals surface area contributed by atoms with Gasteiger partial charge in [-0.2, -0.15) is 4.98 Å². The molecular formula is C13H16N4O. The maximum absolute atomic E-state index is 5.27. The smallest absolute Gasteiger partial charge is 0.227 e. The van der Waals surface area contributed by atoms with Gasteiger partial charge in [0.2, 0.25) is 5.95 Å². The van der Waals surface area contributed by atoms with E-state index in [4.69, 9.17) is 4.42 Å². The second kappa shape index (κ2) is 5.08. The van der Waals surface area contributed by atoms with Gasteiger partial charge < -0.3 is 14.6 Å². The van der Waals surface area contributed by atoms with Crippen LogP contribution < -0.4 is 10.2 Å². The van der Waals surface area contributed by atoms with E-state index in [0.717, 1.165) is 30.6 Å². The third-order valence-corrected chi connectivity index (χ3v) is 3.06. The number of nitrogens with zero attached hydrogens (tertiary/aromatic N) is 3. The van der Waals surface area contributed by atoms with E-state index in [1.54, 1.807) is 12.5 Å². The second-order valence-electron chi connectivity index (χ2n) is 4.37. The summed E-state index contributed by atoms with van der Waals surface area (Å²) in [5, 5.41) is 3.24. The molecule has 1 aliphatic rings. The van der Waals surface area contributed by atoms with Crippen molar-refractivity contribution in [3.05, 3.63) is 36.4 Å². The minimum atomic E-state index is 0.642. The molecule has 0 aliphatic carbocycles. The number of anilines is 2. The molecule has 1 fully saturated rings. The minimum Gasteiger partial charge on any atom is -0.467 e. The summed E-state index contributed by atoms with van der Waals surface area (Å²) >= 11 is 0. The van der Waals surface area contributed by atoms with E-state index >= 15 is 0 Å². The van der Waals surface area contributed by atoms with E-state index in [2.05, 4.69) is 20.2 Å². The fourth-order valence-corrected chi connectivity index (χ4v) is 2.11. The van der Waals surface area contributed by atoms with Crippen LogP contribution in [0.2, 0.25) is 0 Å². The summed E-state index contributed by atoms with van der Waals surface area (Å²) in [5.41, 5.74) is 0. The summed E-state index contributed by atoms with van der Waals surface area (Å²) in [6.45, 7) is 2.76. The van der Waals surface area contributed by atoms with Crippen LogP contribution in [0.3, 0.4) is 0 Å². The van der Waals surface area contributed by atoms with Gasteiger partial charge in [0.05, 0.1) is 12.8 Å². The molecule has 0 amide bonds. The normalized spacial score (nSPS) is 15.0. The summed E-state index contributed by atoms with van der Waals surface area (Å²) in [5.74, 6) is 2.55. The Morgan fingerprint density at radius 1 is 1.28 bits per heavy atom. The predicted octanol–water partition coefficient (Wildman–Crippen LogP) is 2.28. The van der Waals surface area contributed by atoms with Gasteiger partial charge in [-0.3, -0.25) is 0 Å². The molecule has 0 atom stereocenters. The van der Waals surface area contributed by atoms with E-state index in [-0.39, 0.29) is 0 Å². The first-order valence-electron chi connectivity index (χ1n) is 6.26. The molecule has 5 heteroatoms. The molecule has 5 nitrogen and oxygen atoms in total. The lowest BCUT2D eigenvalue weighted by atomic mass is 10.4. The fourth-order valence-electron chi connectivity index (χ4n) is 2.11. The first-order chi connectivity index (χ1) is 8.92. The van der Waals surface area contributed by atoms with E-state index in [9.17, 15) is 0 Å². The van der Waals surface area contributed by atoms with Crippen molar-refractivity contribution in [1.82, 2.24) is 9.97 Å². The zero-order valence-electron chi connectivity index (χ0n) is 10.2. The van der Waals surface area contributed by atoms with Crippen molar-refractivity contribution in [1.29, 1.82) is 0 Å². The monoisotopic (exact) mass is 244 g/mol. The van der Waals surface area contributed by atoms with E-state index < -0.39 is 0 Å². The zero-order valence-corrected chi connectivity index (χ0v) is 10.2. The van der Waals surface area contributed by atoms with Crippen molar-refractivity contribution in [3.63, 3.8) is 0 Å². The van der Waals surface area contributed by atoms with Gasteiger partial charge in [-0.05, 0) is 31.0 Å². The minimum absolute atomic E-state index is 0.642. The van der Waals surface area contributed by atoms with Gasteiger partial charge in [-0.15, -0.1) is 0 Å². The molecule has 94 valence electrons. The Balaban J connectivity index is 1.66. The van der Waals surface area contributed by atoms with Gasteiger partial charge in [0.15, 0.2) is 0 Å². The largest absolute Gasteiger partial charge is 0.467 e. The van der Waals surface area contributed by atoms with Crippen molar-refractivity contribution >= 4 is 11.8 Å². The number of aromatic nitrogens is 2. The molecule has 0 radical (unpaired) electrons. The lowest BCUT2D eigenvalue weighted by molar-refractivity contribution is 0.518. The Labute approximate surface area is 106 Å². The van der Waals surface area contributed by atoms with Crippen molar-refractivity contribution in [3.8, 4) is 0 Å². The van der Waals surface area contributed by atoms with Crippen LogP contribution in [0.1, 0.15) is 18.6 Å². The summed E-state index contributed by atoms with van der Waals surface area (Å²) < 4.78 is 5.27. The molecule has 1 aliphatic heterocycles. The van der Waals surface area contributed by atoms with Crippen LogP contribution in [0, 0.1) is 0 Å². The van der Waals surface area contributed by atoms with Gasteiger partial charge in [0.25, 0.3) is 0 Å². The highest BCUT2D eigenvalue weighted by atomic mass is 16.3. The first-order valence-corrected chi connectivity index (χ1v) is 6.26. The van der Waals surface area contributed by atoms with Gasteiger partial charge in [-0.25, -0.2) is 4.98 Å². The van der Waals surface area contributed by atoms with Crippen molar-refractivity contribution < 1.29 is 4.42 Å². The highest BCUT2D eigenvalue weighted by Crippen LogP contribution is 2.17. The number of furan rings is 1. The highest BCUT2D eigenvalue weighted by molar-refractivity contribution is 5.41. The average molecular weight is 244 g/mol. The molecule has 18 heavy (non-hydrogen) atoms. The van der Waals surface area contributed by atoms with Crippen LogP contribution >= 0.6 is 0 Å². The SMILES string of the molecule is c1coc(CNc2ccnc(N3CCCC3)n2)c1. The Hall–Kier alpha value is -2.04. The molecule has 2 aromatic rings. The number of nitrogens with one attached hydrogen (secondary N) is 1. The van der Waals surface area contributed by atoms with E-state index in [1.165, 1.54) is 12.8 Å². The lowest BCUT2D eigenvalue weighted by Gasteiger charge is -2.15. The van der Waals surface area contributed by atoms with Crippen LogP contribution in [-0.4, -0.2) is 23.1 Å². The lowest BCUT2D eigenvalue weighted by Crippen LogP contribution is -2.20. The molecule has 0 saturated carbocycles. The second-order valence-corrected chi connectivity index (χ2v) is 4.37. The third-order valence-electron chi connectivity index (χ3n) is 3.06. The van der Waals surface area contributed by atoms with Gasteiger partial charge in [0.1, 0.15) is 11.6 Å². The first kappa shape index (κ1) is 11.1. The van der Waals surface area contributed by atoms with Crippen molar-refractivity contribution in [2.24, 2.45) is 0 Å². The summed E-state index contributed by atoms with van der Waals surface area (Å²) in [7, 11) is 0. The van der Waals surface area contributed by atoms with Crippen LogP contribution in [0.25, 0.3) is 0 Å². The van der Waals surface area contributed by atoms with Gasteiger partial charge in [-0.1, -0.05) is 0 Å². The number of hydrogen-bond donors (Lipinski definition) is 1. The molecule has 0 unspecified atom stereocenters. The van der Waals surface area contributed by atoms with Gasteiger partial charge in [0, 0.05) is 19.3 Å². The van der Waals surface area contributed by atoms with Crippen LogP contribution in [0.4, 0.5) is 11.8 Å². The Morgan fingerprint density at radius 3 is 2.94 bits per heavy atom. The Kier molecular flexibility index (Phi) is 3.12. The molecule has 1 saturated heterocycles. The molecular weight excluding hydrogens is 228 g/mol. The van der Waals surface area contributed by atoms with Crippen molar-refractivity contribution in [2.45, 2.75) is 19.4 Å². The molecule has 3 rings (SSSR count). The molecule has 0 spiro atoms. The number of hydrogen-bond acceptors (Lipinski definition) is 5. The zero-order chi connectivity index (χ0) is 12.2. The maximum atomic E-state index is 5.27. The molecule has 3 heterocycles. The predicted molar refractivity (Wildman–Crippen MR) is 69.5 cm³/mol. The highest BCUT2D eigenvalue weighted by Gasteiger charge is 2.14. The maximum Gasteiger partial charge on any atom is 0.227 e. The molecule has 0 bridgehead atoms. The average Bonchev–Trinajstić information content (AvgIpc) is 3.10. The molecule has 1 N–H and O–H groups in total.